The molecule has 19 heteroatoms. The van der Waals surface area contributed by atoms with Crippen LogP contribution >= 0.6 is 0 Å². The minimum atomic E-state index is -7.80. The molecule has 0 aliphatic rings. The SMILES string of the molecule is C.C.C.C.C.C.CCC(C)(CC(CC(C)(C)C(=O)OCC(F)(F)C(F)(F)C(F)(F)C(F)(F)C(F)(F)C(F)F)C(=O)O)C(=O)OCCO. The second-order valence-electron chi connectivity index (χ2n) is 10.0. The van der Waals surface area contributed by atoms with Gasteiger partial charge in [0.2, 0.25) is 0 Å². The Morgan fingerprint density at radius 2 is 1.11 bits per heavy atom. The highest BCUT2D eigenvalue weighted by Gasteiger charge is 2.88. The molecule has 0 amide bonds. The van der Waals surface area contributed by atoms with Gasteiger partial charge < -0.3 is 19.7 Å². The van der Waals surface area contributed by atoms with Crippen LogP contribution in [0.25, 0.3) is 0 Å². The van der Waals surface area contributed by atoms with Crippen LogP contribution in [0.5, 0.6) is 0 Å². The number of ether oxygens (including phenoxy) is 2. The van der Waals surface area contributed by atoms with Gasteiger partial charge in [0.25, 0.3) is 0 Å². The minimum Gasteiger partial charge on any atom is -0.481 e. The molecule has 0 heterocycles. The quantitative estimate of drug-likeness (QED) is 0.114. The van der Waals surface area contributed by atoms with Crippen molar-refractivity contribution in [2.75, 3.05) is 19.8 Å². The molecule has 0 rings (SSSR count). The molecule has 0 spiro atoms. The standard InChI is InChI=1S/C22H28F12O7.6CH4/c1-5-17(4,15(39)40-7-6-35)9-11(12(36)37)8-16(2,3)14(38)41-10-18(25,26)20(29,30)22(33,34)21(31,32)19(27,28)13(23)24;;;;;;/h11,13,35H,5-10H2,1-4H3,(H,36,37);6*1H4. The largest absolute Gasteiger partial charge is 0.481 e. The number of halogens is 12. The number of aliphatic carboxylic acids is 1. The van der Waals surface area contributed by atoms with Gasteiger partial charge in [0, 0.05) is 0 Å². The highest BCUT2D eigenvalue weighted by Crippen LogP contribution is 2.58. The Morgan fingerprint density at radius 3 is 1.45 bits per heavy atom. The maximum absolute atomic E-state index is 14.0. The summed E-state index contributed by atoms with van der Waals surface area (Å²) in [4.78, 5) is 36.4. The molecule has 0 saturated carbocycles. The predicted octanol–water partition coefficient (Wildman–Crippen LogP) is 9.25. The first-order valence-electron chi connectivity index (χ1n) is 11.5. The normalized spacial score (nSPS) is 14.2. The van der Waals surface area contributed by atoms with Gasteiger partial charge in [-0.15, -0.1) is 0 Å². The topological polar surface area (TPSA) is 110 Å². The summed E-state index contributed by atoms with van der Waals surface area (Å²) in [7, 11) is 0. The van der Waals surface area contributed by atoms with Gasteiger partial charge >= 0.3 is 53.9 Å². The van der Waals surface area contributed by atoms with Crippen LogP contribution in [0.2, 0.25) is 0 Å². The van der Waals surface area contributed by atoms with E-state index >= 15 is 0 Å². The first-order chi connectivity index (χ1) is 18.1. The zero-order valence-corrected chi connectivity index (χ0v) is 21.9. The average molecular weight is 729 g/mol. The molecule has 47 heavy (non-hydrogen) atoms. The highest BCUT2D eigenvalue weighted by atomic mass is 19.4. The number of carboxylic acids is 1. The lowest BCUT2D eigenvalue weighted by atomic mass is 9.73. The third-order valence-electron chi connectivity index (χ3n) is 6.28. The van der Waals surface area contributed by atoms with Crippen LogP contribution in [0.15, 0.2) is 0 Å². The molecule has 0 aliphatic heterocycles. The van der Waals surface area contributed by atoms with Crippen LogP contribution in [-0.4, -0.2) is 84.0 Å². The maximum atomic E-state index is 14.0. The van der Waals surface area contributed by atoms with E-state index < -0.39 is 103 Å². The Morgan fingerprint density at radius 1 is 0.681 bits per heavy atom. The minimum absolute atomic E-state index is 0. The lowest BCUT2D eigenvalue weighted by Gasteiger charge is -2.39. The Balaban J connectivity index is -0.000000533. The van der Waals surface area contributed by atoms with Crippen LogP contribution in [0.1, 0.15) is 91.5 Å². The predicted molar refractivity (Wildman–Crippen MR) is 153 cm³/mol. The molecule has 2 N–H and O–H groups in total. The molecule has 0 fully saturated rings. The Kier molecular flexibility index (Phi) is 25.7. The van der Waals surface area contributed by atoms with Crippen LogP contribution in [0, 0.1) is 16.7 Å². The number of carbonyl (C=O) groups is 3. The number of alkyl halides is 12. The fourth-order valence-electron chi connectivity index (χ4n) is 3.39. The van der Waals surface area contributed by atoms with E-state index in [9.17, 15) is 72.2 Å². The summed E-state index contributed by atoms with van der Waals surface area (Å²) in [6.07, 6.45) is -7.13. The number of aliphatic hydroxyl groups is 1. The zero-order valence-electron chi connectivity index (χ0n) is 21.9. The molecule has 0 aliphatic carbocycles. The van der Waals surface area contributed by atoms with Gasteiger partial charge in [0.1, 0.15) is 6.61 Å². The summed E-state index contributed by atoms with van der Waals surface area (Å²) in [5.41, 5.74) is -3.75. The van der Waals surface area contributed by atoms with E-state index in [1.54, 1.807) is 0 Å². The lowest BCUT2D eigenvalue weighted by Crippen LogP contribution is -2.69. The van der Waals surface area contributed by atoms with Crippen molar-refractivity contribution in [3.8, 4) is 0 Å². The van der Waals surface area contributed by atoms with Crippen LogP contribution in [0.4, 0.5) is 52.7 Å². The third-order valence-corrected chi connectivity index (χ3v) is 6.28. The second-order valence-corrected chi connectivity index (χ2v) is 10.0. The van der Waals surface area contributed by atoms with Crippen molar-refractivity contribution in [3.05, 3.63) is 0 Å². The smallest absolute Gasteiger partial charge is 0.384 e. The molecule has 2 unspecified atom stereocenters. The van der Waals surface area contributed by atoms with Crippen molar-refractivity contribution >= 4 is 17.9 Å². The van der Waals surface area contributed by atoms with Crippen molar-refractivity contribution in [1.82, 2.24) is 0 Å². The molecular formula is C28H52F12O7. The number of carbonyl (C=O) groups excluding carboxylic acids is 2. The fourth-order valence-corrected chi connectivity index (χ4v) is 3.39. The van der Waals surface area contributed by atoms with Gasteiger partial charge in [-0.25, -0.2) is 8.78 Å². The first kappa shape index (κ1) is 59.9. The Bertz CT molecular complexity index is 945. The van der Waals surface area contributed by atoms with Crippen molar-refractivity contribution in [3.63, 3.8) is 0 Å². The number of hydrogen-bond acceptors (Lipinski definition) is 6. The molecule has 290 valence electrons. The molecule has 0 aromatic carbocycles. The van der Waals surface area contributed by atoms with Gasteiger partial charge in [-0.05, 0) is 40.0 Å². The van der Waals surface area contributed by atoms with Crippen molar-refractivity contribution in [2.24, 2.45) is 16.7 Å². The summed E-state index contributed by atoms with van der Waals surface area (Å²) in [6.45, 7) is 0.178. The highest BCUT2D eigenvalue weighted by molar-refractivity contribution is 5.80. The molecule has 0 aromatic rings. The lowest BCUT2D eigenvalue weighted by molar-refractivity contribution is -0.414. The monoisotopic (exact) mass is 728 g/mol. The Hall–Kier alpha value is -2.47. The van der Waals surface area contributed by atoms with E-state index in [0.29, 0.717) is 0 Å². The van der Waals surface area contributed by atoms with Gasteiger partial charge in [0.05, 0.1) is 23.4 Å². The van der Waals surface area contributed by atoms with Gasteiger partial charge in [-0.3, -0.25) is 14.4 Å². The zero-order chi connectivity index (χ0) is 33.0. The maximum Gasteiger partial charge on any atom is 0.384 e. The molecule has 2 atom stereocenters. The summed E-state index contributed by atoms with van der Waals surface area (Å²) in [6, 6.07) is 0. The van der Waals surface area contributed by atoms with Gasteiger partial charge in [-0.2, -0.15) is 43.9 Å². The summed E-state index contributed by atoms with van der Waals surface area (Å²) < 4.78 is 168. The Labute approximate surface area is 269 Å². The number of aliphatic hydroxyl groups excluding tert-OH is 1. The van der Waals surface area contributed by atoms with E-state index in [2.05, 4.69) is 4.74 Å². The molecule has 0 radical (unpaired) electrons. The van der Waals surface area contributed by atoms with Gasteiger partial charge in [0.15, 0.2) is 6.61 Å². The van der Waals surface area contributed by atoms with Gasteiger partial charge in [-0.1, -0.05) is 51.5 Å². The summed E-state index contributed by atoms with van der Waals surface area (Å²) in [5.74, 6) is -42.9. The van der Waals surface area contributed by atoms with Crippen LogP contribution in [-0.2, 0) is 23.9 Å². The first-order valence-corrected chi connectivity index (χ1v) is 11.5. The molecule has 0 aromatic heterocycles. The number of rotatable bonds is 17. The van der Waals surface area contributed by atoms with E-state index in [4.69, 9.17) is 9.84 Å². The van der Waals surface area contributed by atoms with Crippen molar-refractivity contribution in [2.45, 2.75) is 128 Å². The fraction of sp³-hybridized carbons (Fsp3) is 0.893. The van der Waals surface area contributed by atoms with E-state index in [0.717, 1.165) is 13.8 Å². The number of carboxylic acid groups (broad SMARTS) is 1. The molecule has 0 saturated heterocycles. The summed E-state index contributed by atoms with van der Waals surface area (Å²) >= 11 is 0. The van der Waals surface area contributed by atoms with Crippen LogP contribution in [0.3, 0.4) is 0 Å². The van der Waals surface area contributed by atoms with E-state index in [1.807, 2.05) is 0 Å². The number of esters is 2. The molecular weight excluding hydrogens is 676 g/mol. The number of hydrogen-bond donors (Lipinski definition) is 2. The van der Waals surface area contributed by atoms with E-state index in [-0.39, 0.29) is 51.0 Å². The van der Waals surface area contributed by atoms with E-state index in [1.165, 1.54) is 13.8 Å². The van der Waals surface area contributed by atoms with Crippen molar-refractivity contribution in [1.29, 1.82) is 0 Å². The third kappa shape index (κ3) is 12.2. The van der Waals surface area contributed by atoms with Crippen LogP contribution < -0.4 is 0 Å². The summed E-state index contributed by atoms with van der Waals surface area (Å²) in [5, 5.41) is 18.3. The molecule has 7 nitrogen and oxygen atoms in total. The average Bonchev–Trinajstić information content (AvgIpc) is 2.84. The van der Waals surface area contributed by atoms with Crippen molar-refractivity contribution < 1.29 is 86.8 Å². The molecule has 0 bridgehead atoms. The second kappa shape index (κ2) is 20.1.